The summed E-state index contributed by atoms with van der Waals surface area (Å²) in [6, 6.07) is 4.71. The van der Waals surface area contributed by atoms with Gasteiger partial charge >= 0.3 is 0 Å². The zero-order chi connectivity index (χ0) is 17.1. The van der Waals surface area contributed by atoms with Crippen LogP contribution in [0.25, 0.3) is 0 Å². The highest BCUT2D eigenvalue weighted by Crippen LogP contribution is 2.27. The largest absolute Gasteiger partial charge is 0.504 e. The van der Waals surface area contributed by atoms with Crippen molar-refractivity contribution >= 4 is 0 Å². The van der Waals surface area contributed by atoms with Crippen molar-refractivity contribution in [2.45, 2.75) is 64.0 Å². The average Bonchev–Trinajstić information content (AvgIpc) is 2.54. The van der Waals surface area contributed by atoms with E-state index in [0.29, 0.717) is 24.8 Å². The van der Waals surface area contributed by atoms with Gasteiger partial charge in [-0.25, -0.2) is 0 Å². The highest BCUT2D eigenvalue weighted by molar-refractivity contribution is 5.41. The molecule has 0 radical (unpaired) electrons. The number of aliphatic hydroxyl groups excluding tert-OH is 2. The van der Waals surface area contributed by atoms with Crippen molar-refractivity contribution < 1.29 is 20.4 Å². The molecule has 0 spiro atoms. The molecule has 0 heterocycles. The maximum Gasteiger partial charge on any atom is 0.157 e. The van der Waals surface area contributed by atoms with E-state index in [9.17, 15) is 15.3 Å². The Morgan fingerprint density at radius 2 is 1.61 bits per heavy atom. The number of unbranched alkanes of at least 4 members (excludes halogenated alkanes) is 5. The lowest BCUT2D eigenvalue weighted by molar-refractivity contribution is 0.169. The molecule has 0 aromatic heterocycles. The molecule has 0 aliphatic rings. The second-order valence-electron chi connectivity index (χ2n) is 6.21. The summed E-state index contributed by atoms with van der Waals surface area (Å²) in [7, 11) is 0. The number of aliphatic hydroxyl groups is 2. The minimum absolute atomic E-state index is 0.179. The van der Waals surface area contributed by atoms with Crippen LogP contribution in [0.2, 0.25) is 0 Å². The Kier molecular flexibility index (Phi) is 9.67. The first-order chi connectivity index (χ1) is 11.0. The average molecular weight is 325 g/mol. The molecule has 0 saturated carbocycles. The quantitative estimate of drug-likeness (QED) is 0.301. The predicted molar refractivity (Wildman–Crippen MR) is 91.6 cm³/mol. The fourth-order valence-electron chi connectivity index (χ4n) is 2.55. The van der Waals surface area contributed by atoms with Gasteiger partial charge in [-0.2, -0.15) is 0 Å². The molecule has 0 fully saturated rings. The highest BCUT2D eigenvalue weighted by Gasteiger charge is 2.11. The molecule has 1 aromatic rings. The third kappa shape index (κ3) is 8.21. The molecule has 0 aliphatic carbocycles. The Hall–Kier alpha value is -1.30. The van der Waals surface area contributed by atoms with Gasteiger partial charge in [0.1, 0.15) is 0 Å². The van der Waals surface area contributed by atoms with Crippen LogP contribution in [0.5, 0.6) is 11.5 Å². The summed E-state index contributed by atoms with van der Waals surface area (Å²) < 4.78 is 0. The van der Waals surface area contributed by atoms with Gasteiger partial charge in [-0.15, -0.1) is 0 Å². The first kappa shape index (κ1) is 19.7. The number of phenolic OH excluding ortho intramolecular Hbond substituents is 2. The summed E-state index contributed by atoms with van der Waals surface area (Å²) in [5.41, 5.74) is 0.587. The Bertz CT molecular complexity index is 439. The van der Waals surface area contributed by atoms with Crippen molar-refractivity contribution in [1.29, 1.82) is 0 Å². The smallest absolute Gasteiger partial charge is 0.157 e. The number of phenols is 2. The molecule has 0 saturated heterocycles. The van der Waals surface area contributed by atoms with E-state index in [1.165, 1.54) is 31.4 Å². The molecule has 2 atom stereocenters. The van der Waals surface area contributed by atoms with E-state index in [0.717, 1.165) is 25.7 Å². The molecule has 1 aromatic carbocycles. The van der Waals surface area contributed by atoms with Gasteiger partial charge in [0.15, 0.2) is 11.5 Å². The van der Waals surface area contributed by atoms with E-state index in [4.69, 9.17) is 5.11 Å². The first-order valence-electron chi connectivity index (χ1n) is 8.58. The van der Waals surface area contributed by atoms with E-state index >= 15 is 0 Å². The minimum atomic E-state index is -0.706. The molecule has 132 valence electrons. The molecule has 5 nitrogen and oxygen atoms in total. The summed E-state index contributed by atoms with van der Waals surface area (Å²) in [5.74, 6) is -0.392. The fraction of sp³-hybridized carbons (Fsp3) is 0.667. The van der Waals surface area contributed by atoms with Crippen LogP contribution in [-0.2, 0) is 0 Å². The van der Waals surface area contributed by atoms with Gasteiger partial charge in [0.2, 0.25) is 0 Å². The summed E-state index contributed by atoms with van der Waals surface area (Å²) in [6.45, 7) is 2.82. The number of benzene rings is 1. The van der Waals surface area contributed by atoms with Gasteiger partial charge in [0.25, 0.3) is 0 Å². The first-order valence-corrected chi connectivity index (χ1v) is 8.58. The number of hydrogen-bond donors (Lipinski definition) is 5. The van der Waals surface area contributed by atoms with E-state index in [1.54, 1.807) is 6.07 Å². The number of hydrogen-bond acceptors (Lipinski definition) is 5. The summed E-state index contributed by atoms with van der Waals surface area (Å²) in [5, 5.41) is 40.8. The lowest BCUT2D eigenvalue weighted by Crippen LogP contribution is -2.30. The van der Waals surface area contributed by atoms with Crippen LogP contribution in [-0.4, -0.2) is 39.6 Å². The monoisotopic (exact) mass is 325 g/mol. The van der Waals surface area contributed by atoms with Gasteiger partial charge in [-0.1, -0.05) is 38.2 Å². The van der Waals surface area contributed by atoms with E-state index in [2.05, 4.69) is 12.2 Å². The molecule has 0 amide bonds. The summed E-state index contributed by atoms with van der Waals surface area (Å²) in [6.07, 6.45) is 7.12. The third-order valence-electron chi connectivity index (χ3n) is 4.09. The van der Waals surface area contributed by atoms with Gasteiger partial charge < -0.3 is 25.7 Å². The molecular weight excluding hydrogens is 294 g/mol. The van der Waals surface area contributed by atoms with Crippen LogP contribution in [0.1, 0.15) is 63.5 Å². The van der Waals surface area contributed by atoms with Crippen molar-refractivity contribution in [2.24, 2.45) is 0 Å². The van der Waals surface area contributed by atoms with Gasteiger partial charge in [0, 0.05) is 19.2 Å². The van der Waals surface area contributed by atoms with Crippen LogP contribution in [0.4, 0.5) is 0 Å². The van der Waals surface area contributed by atoms with Crippen molar-refractivity contribution in [3.05, 3.63) is 23.8 Å². The Morgan fingerprint density at radius 1 is 0.957 bits per heavy atom. The Labute approximate surface area is 139 Å². The molecule has 2 unspecified atom stereocenters. The molecule has 5 N–H and O–H groups in total. The Balaban J connectivity index is 2.15. The maximum atomic E-state index is 10.1. The van der Waals surface area contributed by atoms with Crippen molar-refractivity contribution in [1.82, 2.24) is 5.32 Å². The number of nitrogens with one attached hydrogen (secondary N) is 1. The lowest BCUT2D eigenvalue weighted by atomic mass is 10.1. The third-order valence-corrected chi connectivity index (χ3v) is 4.09. The minimum Gasteiger partial charge on any atom is -0.504 e. The molecule has 23 heavy (non-hydrogen) atoms. The topological polar surface area (TPSA) is 93.0 Å². The number of rotatable bonds is 12. The molecule has 1 rings (SSSR count). The molecule has 0 bridgehead atoms. The second-order valence-corrected chi connectivity index (χ2v) is 6.21. The zero-order valence-corrected chi connectivity index (χ0v) is 14.0. The normalized spacial score (nSPS) is 13.9. The van der Waals surface area contributed by atoms with E-state index in [1.807, 2.05) is 0 Å². The highest BCUT2D eigenvalue weighted by atomic mass is 16.3. The van der Waals surface area contributed by atoms with Crippen LogP contribution in [0.3, 0.4) is 0 Å². The predicted octanol–water partition coefficient (Wildman–Crippen LogP) is 2.83. The molecule has 5 heteroatoms. The van der Waals surface area contributed by atoms with E-state index < -0.39 is 6.10 Å². The van der Waals surface area contributed by atoms with Crippen molar-refractivity contribution in [3.8, 4) is 11.5 Å². The zero-order valence-electron chi connectivity index (χ0n) is 14.0. The second kappa shape index (κ2) is 11.3. The lowest BCUT2D eigenvalue weighted by Gasteiger charge is -2.17. The van der Waals surface area contributed by atoms with Gasteiger partial charge in [-0.3, -0.25) is 0 Å². The van der Waals surface area contributed by atoms with Crippen molar-refractivity contribution in [3.63, 3.8) is 0 Å². The SMILES string of the molecule is CC(CCCCCCCCO)NCC(O)c1ccc(O)c(O)c1. The summed E-state index contributed by atoms with van der Waals surface area (Å²) in [4.78, 5) is 0. The Morgan fingerprint density at radius 3 is 2.26 bits per heavy atom. The van der Waals surface area contributed by atoms with Crippen LogP contribution in [0, 0.1) is 0 Å². The van der Waals surface area contributed by atoms with Gasteiger partial charge in [-0.05, 0) is 37.5 Å². The van der Waals surface area contributed by atoms with Crippen LogP contribution < -0.4 is 5.32 Å². The standard InChI is InChI=1S/C18H31NO4/c1-14(8-6-4-2-3-5-7-11-20)19-13-18(23)15-9-10-16(21)17(22)12-15/h9-10,12,14,18-23H,2-8,11,13H2,1H3. The maximum absolute atomic E-state index is 10.1. The van der Waals surface area contributed by atoms with Gasteiger partial charge in [0.05, 0.1) is 6.10 Å². The van der Waals surface area contributed by atoms with Crippen LogP contribution >= 0.6 is 0 Å². The van der Waals surface area contributed by atoms with Crippen molar-refractivity contribution in [2.75, 3.05) is 13.2 Å². The molecular formula is C18H31NO4. The molecule has 0 aliphatic heterocycles. The summed E-state index contributed by atoms with van der Waals surface area (Å²) >= 11 is 0. The number of aromatic hydroxyl groups is 2. The fourth-order valence-corrected chi connectivity index (χ4v) is 2.55. The van der Waals surface area contributed by atoms with E-state index in [-0.39, 0.29) is 11.5 Å². The van der Waals surface area contributed by atoms with Crippen LogP contribution in [0.15, 0.2) is 18.2 Å².